The maximum Gasteiger partial charge on any atom is 0.173 e. The Morgan fingerprint density at radius 3 is 2.60 bits per heavy atom. The Bertz CT molecular complexity index is 1340. The van der Waals surface area contributed by atoms with Crippen molar-refractivity contribution in [2.24, 2.45) is 0 Å². The van der Waals surface area contributed by atoms with E-state index in [1.807, 2.05) is 21.6 Å². The van der Waals surface area contributed by atoms with Gasteiger partial charge in [-0.15, -0.1) is 0 Å². The predicted molar refractivity (Wildman–Crippen MR) is 136 cm³/mol. The van der Waals surface area contributed by atoms with E-state index < -0.39 is 0 Å². The summed E-state index contributed by atoms with van der Waals surface area (Å²) in [4.78, 5) is 6.15. The molecule has 0 atom stereocenters. The average molecular weight is 488 g/mol. The molecule has 0 aliphatic heterocycles. The third kappa shape index (κ3) is 6.49. The van der Waals surface area contributed by atoms with E-state index in [4.69, 9.17) is 17.5 Å². The van der Waals surface area contributed by atoms with Gasteiger partial charge in [0, 0.05) is 49.2 Å². The molecule has 0 aliphatic rings. The number of nitrogens with one attached hydrogen (secondary N) is 1. The van der Waals surface area contributed by atoms with Crippen LogP contribution in [0.2, 0.25) is 0 Å². The predicted octanol–water partition coefficient (Wildman–Crippen LogP) is 5.52. The molecule has 1 N–H and O–H groups in total. The number of aromatic nitrogens is 2. The summed E-state index contributed by atoms with van der Waals surface area (Å²) in [6.45, 7) is 1.37. The van der Waals surface area contributed by atoms with Crippen LogP contribution in [0.15, 0.2) is 85.3 Å². The Morgan fingerprint density at radius 1 is 1.06 bits per heavy atom. The number of anilines is 1. The lowest BCUT2D eigenvalue weighted by atomic mass is 10.1. The molecule has 0 saturated carbocycles. The first kappa shape index (κ1) is 24.0. The lowest BCUT2D eigenvalue weighted by molar-refractivity contribution is 0.408. The molecule has 3 aromatic carbocycles. The number of thiocarbonyl (C=S) groups is 1. The van der Waals surface area contributed by atoms with E-state index in [9.17, 15) is 8.78 Å². The first-order valence-corrected chi connectivity index (χ1v) is 11.5. The van der Waals surface area contributed by atoms with Crippen molar-refractivity contribution in [3.63, 3.8) is 0 Å². The number of rotatable bonds is 8. The van der Waals surface area contributed by atoms with E-state index >= 15 is 0 Å². The smallest absolute Gasteiger partial charge is 0.173 e. The lowest BCUT2D eigenvalue weighted by Gasteiger charge is -2.26. The van der Waals surface area contributed by atoms with Crippen LogP contribution in [0.3, 0.4) is 0 Å². The van der Waals surface area contributed by atoms with Gasteiger partial charge in [0.15, 0.2) is 5.11 Å². The van der Waals surface area contributed by atoms with Crippen LogP contribution in [-0.4, -0.2) is 26.1 Å². The highest BCUT2D eigenvalue weighted by molar-refractivity contribution is 7.80. The first-order chi connectivity index (χ1) is 17.0. The second kappa shape index (κ2) is 11.4. The van der Waals surface area contributed by atoms with Crippen molar-refractivity contribution in [3.8, 4) is 6.07 Å². The molecule has 1 heterocycles. The van der Waals surface area contributed by atoms with E-state index in [2.05, 4.69) is 16.4 Å². The standard InChI is InChI=1S/C27H23F2N5S/c28-23-5-3-6-24(14-23)32-27(35)33(18-22-4-1-2-7-26(22)29)13-12-25-16-31-19-34(25)17-21-10-8-20(15-30)9-11-21/h1-11,14,16,19H,12-13,17-18H2,(H,32,35). The van der Waals surface area contributed by atoms with Crippen molar-refractivity contribution in [1.82, 2.24) is 14.5 Å². The molecule has 4 aromatic rings. The fourth-order valence-corrected chi connectivity index (χ4v) is 3.96. The summed E-state index contributed by atoms with van der Waals surface area (Å²) in [5.41, 5.74) is 3.69. The first-order valence-electron chi connectivity index (χ1n) is 11.0. The van der Waals surface area contributed by atoms with Crippen LogP contribution in [0, 0.1) is 23.0 Å². The highest BCUT2D eigenvalue weighted by Gasteiger charge is 2.15. The van der Waals surface area contributed by atoms with Crippen LogP contribution >= 0.6 is 12.2 Å². The maximum absolute atomic E-state index is 14.4. The number of imidazole rings is 1. The van der Waals surface area contributed by atoms with Crippen LogP contribution in [0.1, 0.15) is 22.4 Å². The van der Waals surface area contributed by atoms with Crippen molar-refractivity contribution in [2.45, 2.75) is 19.5 Å². The van der Waals surface area contributed by atoms with Gasteiger partial charge < -0.3 is 14.8 Å². The van der Waals surface area contributed by atoms with E-state index in [0.29, 0.717) is 41.4 Å². The number of benzene rings is 3. The Morgan fingerprint density at radius 2 is 1.86 bits per heavy atom. The van der Waals surface area contributed by atoms with Gasteiger partial charge in [0.2, 0.25) is 0 Å². The number of hydrogen-bond donors (Lipinski definition) is 1. The van der Waals surface area contributed by atoms with Gasteiger partial charge in [0.25, 0.3) is 0 Å². The fourth-order valence-electron chi connectivity index (χ4n) is 3.68. The minimum Gasteiger partial charge on any atom is -0.344 e. The number of nitriles is 1. The Labute approximate surface area is 208 Å². The van der Waals surface area contributed by atoms with Gasteiger partial charge in [-0.3, -0.25) is 0 Å². The van der Waals surface area contributed by atoms with Crippen molar-refractivity contribution in [3.05, 3.63) is 119 Å². The molecular formula is C27H23F2N5S. The van der Waals surface area contributed by atoms with Gasteiger partial charge in [-0.2, -0.15) is 5.26 Å². The molecule has 35 heavy (non-hydrogen) atoms. The van der Waals surface area contributed by atoms with Crippen LogP contribution in [0.5, 0.6) is 0 Å². The van der Waals surface area contributed by atoms with Crippen molar-refractivity contribution in [1.29, 1.82) is 5.26 Å². The quantitative estimate of drug-likeness (QED) is 0.332. The normalized spacial score (nSPS) is 10.5. The van der Waals surface area contributed by atoms with E-state index in [0.717, 1.165) is 11.3 Å². The summed E-state index contributed by atoms with van der Waals surface area (Å²) in [5, 5.41) is 12.4. The summed E-state index contributed by atoms with van der Waals surface area (Å²) < 4.78 is 30.1. The van der Waals surface area contributed by atoms with Crippen LogP contribution < -0.4 is 5.32 Å². The summed E-state index contributed by atoms with van der Waals surface area (Å²) in [5.74, 6) is -0.679. The maximum atomic E-state index is 14.4. The summed E-state index contributed by atoms with van der Waals surface area (Å²) in [6, 6.07) is 22.2. The molecule has 5 nitrogen and oxygen atoms in total. The SMILES string of the molecule is N#Cc1ccc(Cn2cncc2CCN(Cc2ccccc2F)C(=S)Nc2cccc(F)c2)cc1. The van der Waals surface area contributed by atoms with Crippen LogP contribution in [0.4, 0.5) is 14.5 Å². The molecule has 0 unspecified atom stereocenters. The minimum absolute atomic E-state index is 0.261. The van der Waals surface area contributed by atoms with E-state index in [1.165, 1.54) is 18.2 Å². The zero-order valence-electron chi connectivity index (χ0n) is 18.9. The topological polar surface area (TPSA) is 56.9 Å². The van der Waals surface area contributed by atoms with Gasteiger partial charge in [-0.25, -0.2) is 13.8 Å². The van der Waals surface area contributed by atoms with Crippen molar-refractivity contribution in [2.75, 3.05) is 11.9 Å². The van der Waals surface area contributed by atoms with Gasteiger partial charge >= 0.3 is 0 Å². The van der Waals surface area contributed by atoms with Gasteiger partial charge in [-0.05, 0) is 54.2 Å². The highest BCUT2D eigenvalue weighted by Crippen LogP contribution is 2.16. The van der Waals surface area contributed by atoms with Crippen molar-refractivity contribution >= 4 is 23.0 Å². The molecule has 0 amide bonds. The Kier molecular flexibility index (Phi) is 7.81. The largest absolute Gasteiger partial charge is 0.344 e. The highest BCUT2D eigenvalue weighted by atomic mass is 32.1. The summed E-state index contributed by atoms with van der Waals surface area (Å²) in [7, 11) is 0. The fraction of sp³-hybridized carbons (Fsp3) is 0.148. The monoisotopic (exact) mass is 487 g/mol. The van der Waals surface area contributed by atoms with Crippen molar-refractivity contribution < 1.29 is 8.78 Å². The Balaban J connectivity index is 1.49. The molecule has 0 spiro atoms. The molecule has 0 radical (unpaired) electrons. The van der Waals surface area contributed by atoms with Gasteiger partial charge in [-0.1, -0.05) is 36.4 Å². The van der Waals surface area contributed by atoms with Gasteiger partial charge in [0.1, 0.15) is 11.6 Å². The summed E-state index contributed by atoms with van der Waals surface area (Å²) in [6.07, 6.45) is 4.17. The third-order valence-electron chi connectivity index (χ3n) is 5.55. The lowest BCUT2D eigenvalue weighted by Crippen LogP contribution is -2.36. The third-order valence-corrected chi connectivity index (χ3v) is 5.91. The molecule has 0 bridgehead atoms. The average Bonchev–Trinajstić information content (AvgIpc) is 3.30. The molecule has 1 aromatic heterocycles. The number of hydrogen-bond acceptors (Lipinski definition) is 3. The molecular weight excluding hydrogens is 464 g/mol. The molecule has 8 heteroatoms. The number of nitrogens with zero attached hydrogens (tertiary/aromatic N) is 4. The Hall–Kier alpha value is -4.09. The van der Waals surface area contributed by atoms with Crippen LogP contribution in [0.25, 0.3) is 0 Å². The molecule has 0 saturated heterocycles. The molecule has 0 fully saturated rings. The van der Waals surface area contributed by atoms with E-state index in [1.54, 1.807) is 55.0 Å². The number of halogens is 2. The van der Waals surface area contributed by atoms with Gasteiger partial charge in [0.05, 0.1) is 18.0 Å². The minimum atomic E-state index is -0.370. The second-order valence-electron chi connectivity index (χ2n) is 8.03. The summed E-state index contributed by atoms with van der Waals surface area (Å²) >= 11 is 5.62. The molecule has 176 valence electrons. The molecule has 4 rings (SSSR count). The van der Waals surface area contributed by atoms with E-state index in [-0.39, 0.29) is 18.2 Å². The zero-order chi connectivity index (χ0) is 24.6. The van der Waals surface area contributed by atoms with Crippen LogP contribution in [-0.2, 0) is 19.5 Å². The molecule has 0 aliphatic carbocycles. The second-order valence-corrected chi connectivity index (χ2v) is 8.41. The zero-order valence-corrected chi connectivity index (χ0v) is 19.7.